The van der Waals surface area contributed by atoms with E-state index >= 15 is 0 Å². The molecule has 2 aromatic carbocycles. The van der Waals surface area contributed by atoms with E-state index in [0.29, 0.717) is 5.89 Å². The molecule has 7 heteroatoms. The zero-order valence-electron chi connectivity index (χ0n) is 13.5. The van der Waals surface area contributed by atoms with Gasteiger partial charge in [0.05, 0.1) is 5.56 Å². The van der Waals surface area contributed by atoms with Gasteiger partial charge in [-0.25, -0.2) is 13.6 Å². The van der Waals surface area contributed by atoms with E-state index in [0.717, 1.165) is 29.3 Å². The van der Waals surface area contributed by atoms with Crippen LogP contribution in [0.3, 0.4) is 0 Å². The molecule has 0 aliphatic carbocycles. The molecule has 5 nitrogen and oxygen atoms in total. The molecule has 25 heavy (non-hydrogen) atoms. The molecule has 3 rings (SSSR count). The Labute approximate surface area is 142 Å². The molecule has 1 unspecified atom stereocenters. The second kappa shape index (κ2) is 6.80. The molecule has 1 heterocycles. The summed E-state index contributed by atoms with van der Waals surface area (Å²) in [4.78, 5) is 12.0. The van der Waals surface area contributed by atoms with Crippen molar-refractivity contribution >= 4 is 5.97 Å². The van der Waals surface area contributed by atoms with Crippen molar-refractivity contribution in [2.45, 2.75) is 20.0 Å². The number of rotatable bonds is 4. The number of aryl methyl sites for hydroxylation is 1. The number of benzene rings is 2. The maximum Gasteiger partial charge on any atom is 0.339 e. The highest BCUT2D eigenvalue weighted by molar-refractivity contribution is 5.89. The van der Waals surface area contributed by atoms with Gasteiger partial charge in [0.25, 0.3) is 5.89 Å². The van der Waals surface area contributed by atoms with Gasteiger partial charge in [-0.3, -0.25) is 0 Å². The highest BCUT2D eigenvalue weighted by Gasteiger charge is 2.20. The Morgan fingerprint density at radius 1 is 1.08 bits per heavy atom. The van der Waals surface area contributed by atoms with E-state index in [1.165, 1.54) is 0 Å². The fourth-order valence-corrected chi connectivity index (χ4v) is 2.11. The molecule has 0 radical (unpaired) electrons. The van der Waals surface area contributed by atoms with E-state index in [1.807, 2.05) is 31.2 Å². The first kappa shape index (κ1) is 16.8. The van der Waals surface area contributed by atoms with Crippen LogP contribution in [0.4, 0.5) is 8.78 Å². The van der Waals surface area contributed by atoms with Crippen LogP contribution in [0.2, 0.25) is 0 Å². The number of ether oxygens (including phenoxy) is 1. The third kappa shape index (κ3) is 3.71. The smallest absolute Gasteiger partial charge is 0.339 e. The lowest BCUT2D eigenvalue weighted by Crippen LogP contribution is -2.10. The fraction of sp³-hybridized carbons (Fsp3) is 0.167. The van der Waals surface area contributed by atoms with Gasteiger partial charge in [-0.05, 0) is 44.2 Å². The van der Waals surface area contributed by atoms with Gasteiger partial charge in [-0.1, -0.05) is 17.7 Å². The van der Waals surface area contributed by atoms with Crippen molar-refractivity contribution in [3.8, 4) is 11.5 Å². The number of hydrogen-bond donors (Lipinski definition) is 0. The summed E-state index contributed by atoms with van der Waals surface area (Å²) in [5.74, 6) is -2.58. The minimum atomic E-state index is -1.12. The Bertz CT molecular complexity index is 907. The molecular formula is C18H14F2N2O3. The van der Waals surface area contributed by atoms with Gasteiger partial charge in [0, 0.05) is 5.56 Å². The maximum absolute atomic E-state index is 13.2. The predicted molar refractivity (Wildman–Crippen MR) is 84.7 cm³/mol. The average molecular weight is 344 g/mol. The second-order valence-electron chi connectivity index (χ2n) is 5.49. The molecule has 0 aliphatic heterocycles. The lowest BCUT2D eigenvalue weighted by atomic mass is 10.1. The Balaban J connectivity index is 1.73. The molecule has 1 atom stereocenters. The SMILES string of the molecule is Cc1ccc(-c2nnc(C(C)OC(=O)c3ccc(F)c(F)c3)o2)cc1. The summed E-state index contributed by atoms with van der Waals surface area (Å²) in [6.45, 7) is 3.51. The van der Waals surface area contributed by atoms with Crippen molar-refractivity contribution in [1.29, 1.82) is 0 Å². The third-order valence-corrected chi connectivity index (χ3v) is 3.53. The second-order valence-corrected chi connectivity index (χ2v) is 5.49. The highest BCUT2D eigenvalue weighted by atomic mass is 19.2. The van der Waals surface area contributed by atoms with Gasteiger partial charge < -0.3 is 9.15 Å². The number of nitrogens with zero attached hydrogens (tertiary/aromatic N) is 2. The normalized spacial score (nSPS) is 12.0. The molecule has 0 N–H and O–H groups in total. The molecule has 3 aromatic rings. The van der Waals surface area contributed by atoms with Crippen LogP contribution in [0, 0.1) is 18.6 Å². The van der Waals surface area contributed by atoms with Gasteiger partial charge >= 0.3 is 5.97 Å². The van der Waals surface area contributed by atoms with Gasteiger partial charge in [-0.2, -0.15) is 0 Å². The Morgan fingerprint density at radius 2 is 1.80 bits per heavy atom. The number of halogens is 2. The number of carbonyl (C=O) groups is 1. The summed E-state index contributed by atoms with van der Waals surface area (Å²) in [5.41, 5.74) is 1.73. The lowest BCUT2D eigenvalue weighted by Gasteiger charge is -2.09. The van der Waals surface area contributed by atoms with Crippen molar-refractivity contribution in [2.24, 2.45) is 0 Å². The number of esters is 1. The molecule has 0 fully saturated rings. The Kier molecular flexibility index (Phi) is 4.56. The molecule has 0 saturated heterocycles. The molecular weight excluding hydrogens is 330 g/mol. The molecule has 0 aliphatic rings. The summed E-state index contributed by atoms with van der Waals surface area (Å²) in [6, 6.07) is 10.3. The summed E-state index contributed by atoms with van der Waals surface area (Å²) in [7, 11) is 0. The first-order valence-electron chi connectivity index (χ1n) is 7.50. The zero-order valence-corrected chi connectivity index (χ0v) is 13.5. The number of hydrogen-bond acceptors (Lipinski definition) is 5. The molecule has 1 aromatic heterocycles. The van der Waals surface area contributed by atoms with E-state index in [2.05, 4.69) is 10.2 Å². The van der Waals surface area contributed by atoms with Crippen LogP contribution in [-0.2, 0) is 4.74 Å². The zero-order chi connectivity index (χ0) is 18.0. The van der Waals surface area contributed by atoms with Gasteiger partial charge in [-0.15, -0.1) is 10.2 Å². The first-order valence-corrected chi connectivity index (χ1v) is 7.50. The Hall–Kier alpha value is -3.09. The summed E-state index contributed by atoms with van der Waals surface area (Å²) < 4.78 is 36.8. The van der Waals surface area contributed by atoms with Gasteiger partial charge in [0.15, 0.2) is 17.7 Å². The van der Waals surface area contributed by atoms with Crippen LogP contribution in [-0.4, -0.2) is 16.2 Å². The van der Waals surface area contributed by atoms with E-state index in [-0.39, 0.29) is 11.5 Å². The van der Waals surface area contributed by atoms with Crippen LogP contribution in [0.25, 0.3) is 11.5 Å². The van der Waals surface area contributed by atoms with Gasteiger partial charge in [0.2, 0.25) is 5.89 Å². The molecule has 0 amide bonds. The number of aromatic nitrogens is 2. The van der Waals surface area contributed by atoms with Crippen molar-refractivity contribution in [2.75, 3.05) is 0 Å². The molecule has 0 bridgehead atoms. The van der Waals surface area contributed by atoms with Crippen LogP contribution in [0.15, 0.2) is 46.9 Å². The van der Waals surface area contributed by atoms with E-state index in [9.17, 15) is 13.6 Å². The van der Waals surface area contributed by atoms with Crippen molar-refractivity contribution in [1.82, 2.24) is 10.2 Å². The van der Waals surface area contributed by atoms with Crippen LogP contribution >= 0.6 is 0 Å². The lowest BCUT2D eigenvalue weighted by molar-refractivity contribution is 0.0279. The van der Waals surface area contributed by atoms with Crippen LogP contribution in [0.5, 0.6) is 0 Å². The quantitative estimate of drug-likeness (QED) is 0.662. The summed E-state index contributed by atoms with van der Waals surface area (Å²) >= 11 is 0. The van der Waals surface area contributed by atoms with Crippen LogP contribution < -0.4 is 0 Å². The molecule has 0 saturated carbocycles. The van der Waals surface area contributed by atoms with E-state index in [4.69, 9.17) is 9.15 Å². The Morgan fingerprint density at radius 3 is 2.48 bits per heavy atom. The number of carbonyl (C=O) groups excluding carboxylic acids is 1. The molecule has 0 spiro atoms. The fourth-order valence-electron chi connectivity index (χ4n) is 2.11. The average Bonchev–Trinajstić information content (AvgIpc) is 3.08. The summed E-state index contributed by atoms with van der Waals surface area (Å²) in [5, 5.41) is 7.79. The van der Waals surface area contributed by atoms with E-state index in [1.54, 1.807) is 6.92 Å². The minimum Gasteiger partial charge on any atom is -0.449 e. The van der Waals surface area contributed by atoms with Gasteiger partial charge in [0.1, 0.15) is 0 Å². The monoisotopic (exact) mass is 344 g/mol. The topological polar surface area (TPSA) is 65.2 Å². The van der Waals surface area contributed by atoms with Crippen molar-refractivity contribution < 1.29 is 22.7 Å². The highest BCUT2D eigenvalue weighted by Crippen LogP contribution is 2.23. The maximum atomic E-state index is 13.2. The first-order chi connectivity index (χ1) is 11.9. The summed E-state index contributed by atoms with van der Waals surface area (Å²) in [6.07, 6.45) is -0.840. The van der Waals surface area contributed by atoms with Crippen LogP contribution in [0.1, 0.15) is 34.8 Å². The van der Waals surface area contributed by atoms with Crippen molar-refractivity contribution in [3.63, 3.8) is 0 Å². The minimum absolute atomic E-state index is 0.103. The van der Waals surface area contributed by atoms with Crippen molar-refractivity contribution in [3.05, 3.63) is 71.1 Å². The predicted octanol–water partition coefficient (Wildman–Crippen LogP) is 4.24. The molecule has 128 valence electrons. The van der Waals surface area contributed by atoms with E-state index < -0.39 is 23.7 Å². The largest absolute Gasteiger partial charge is 0.449 e. The standard InChI is InChI=1S/C18H14F2N2O3/c1-10-3-5-12(6-4-10)17-22-21-16(25-17)11(2)24-18(23)13-7-8-14(19)15(20)9-13/h3-9,11H,1-2H3. The third-order valence-electron chi connectivity index (χ3n) is 3.53.